The van der Waals surface area contributed by atoms with Crippen LogP contribution in [0.15, 0.2) is 65.8 Å². The van der Waals surface area contributed by atoms with E-state index in [0.717, 1.165) is 22.3 Å². The van der Waals surface area contributed by atoms with Crippen molar-refractivity contribution in [1.82, 2.24) is 14.6 Å². The van der Waals surface area contributed by atoms with Crippen LogP contribution in [0.4, 0.5) is 0 Å². The van der Waals surface area contributed by atoms with Crippen molar-refractivity contribution >= 4 is 37.6 Å². The number of aryl methyl sites for hydroxylation is 1. The van der Waals surface area contributed by atoms with Crippen LogP contribution in [-0.2, 0) is 35.2 Å². The summed E-state index contributed by atoms with van der Waals surface area (Å²) in [5, 5.41) is 2.75. The van der Waals surface area contributed by atoms with Crippen molar-refractivity contribution in [3.63, 3.8) is 0 Å². The van der Waals surface area contributed by atoms with Crippen molar-refractivity contribution < 1.29 is 30.9 Å². The van der Waals surface area contributed by atoms with E-state index in [2.05, 4.69) is 10.3 Å². The molecule has 220 valence electrons. The largest absolute Gasteiger partial charge is 0.377 e. The highest BCUT2D eigenvalue weighted by Gasteiger charge is 2.51. The Hall–Kier alpha value is -2.87. The number of ether oxygens (including phenoxy) is 1. The zero-order valence-electron chi connectivity index (χ0n) is 22.7. The second-order valence-corrected chi connectivity index (χ2v) is 13.8. The summed E-state index contributed by atoms with van der Waals surface area (Å²) in [7, 11) is -8.34. The number of sulfonamides is 1. The molecule has 3 aromatic rings. The highest BCUT2D eigenvalue weighted by Crippen LogP contribution is 2.42. The summed E-state index contributed by atoms with van der Waals surface area (Å²) in [6, 6.07) is 14.3. The third-order valence-corrected chi connectivity index (χ3v) is 10.4. The minimum Gasteiger partial charge on any atom is -0.377 e. The lowest BCUT2D eigenvalue weighted by Gasteiger charge is -2.49. The molecule has 2 aromatic carbocycles. The fraction of sp³-hybridized carbons (Fsp3) is 0.357. The first-order valence-corrected chi connectivity index (χ1v) is 16.4. The zero-order valence-corrected chi connectivity index (χ0v) is 25.1. The van der Waals surface area contributed by atoms with Crippen LogP contribution in [0.1, 0.15) is 29.5 Å². The van der Waals surface area contributed by atoms with Gasteiger partial charge in [0.2, 0.25) is 15.9 Å². The van der Waals surface area contributed by atoms with Gasteiger partial charge in [0, 0.05) is 36.9 Å². The van der Waals surface area contributed by atoms with Crippen molar-refractivity contribution in [3.8, 4) is 11.1 Å². The molecule has 0 bridgehead atoms. The summed E-state index contributed by atoms with van der Waals surface area (Å²) in [6.07, 6.45) is 3.57. The molecule has 0 spiro atoms. The van der Waals surface area contributed by atoms with Crippen LogP contribution in [-0.4, -0.2) is 68.6 Å². The molecule has 1 aliphatic rings. The van der Waals surface area contributed by atoms with Gasteiger partial charge in [0.15, 0.2) is 0 Å². The molecule has 2 heterocycles. The van der Waals surface area contributed by atoms with Crippen LogP contribution in [0.25, 0.3) is 11.1 Å². The number of hydrogen-bond donors (Lipinski definition) is 2. The quantitative estimate of drug-likeness (QED) is 0.291. The van der Waals surface area contributed by atoms with E-state index >= 15 is 0 Å². The van der Waals surface area contributed by atoms with E-state index < -0.39 is 37.3 Å². The minimum atomic E-state index is -4.21. The summed E-state index contributed by atoms with van der Waals surface area (Å²) in [4.78, 5) is 16.6. The van der Waals surface area contributed by atoms with Crippen LogP contribution < -0.4 is 5.32 Å². The molecule has 0 saturated carbocycles. The normalized spacial score (nSPS) is 15.0. The Morgan fingerprint density at radius 3 is 2.51 bits per heavy atom. The molecule has 0 aliphatic carbocycles. The molecule has 4 rings (SSSR count). The van der Waals surface area contributed by atoms with Gasteiger partial charge >= 0.3 is 0 Å². The van der Waals surface area contributed by atoms with Crippen molar-refractivity contribution in [2.24, 2.45) is 0 Å². The van der Waals surface area contributed by atoms with Crippen LogP contribution in [0, 0.1) is 13.8 Å². The summed E-state index contributed by atoms with van der Waals surface area (Å²) >= 11 is 6.31. The van der Waals surface area contributed by atoms with Gasteiger partial charge in [-0.2, -0.15) is 12.7 Å². The number of hydrogen-bond acceptors (Lipinski definition) is 7. The average Bonchev–Trinajstić information content (AvgIpc) is 2.88. The fourth-order valence-corrected chi connectivity index (χ4v) is 7.48. The maximum Gasteiger partial charge on any atom is 0.266 e. The molecule has 0 atom stereocenters. The van der Waals surface area contributed by atoms with E-state index in [0.29, 0.717) is 10.6 Å². The maximum absolute atomic E-state index is 14.3. The molecule has 0 unspecified atom stereocenters. The van der Waals surface area contributed by atoms with Gasteiger partial charge in [0.25, 0.3) is 10.1 Å². The Morgan fingerprint density at radius 1 is 1.12 bits per heavy atom. The third kappa shape index (κ3) is 6.96. The van der Waals surface area contributed by atoms with Gasteiger partial charge in [0.05, 0.1) is 23.9 Å². The van der Waals surface area contributed by atoms with Gasteiger partial charge in [-0.25, -0.2) is 8.42 Å². The number of rotatable bonds is 12. The number of benzene rings is 2. The molecule has 1 aliphatic heterocycles. The standard InChI is InChI=1S/C28H32ClN3O7S2/c1-20-17-30-12-11-24(20)22-6-3-7-23(16-22)28(18-39-19-28)32(14-5-10-27(33)31-13-15-40(34,35)36)41(37,38)26-9-4-8-25(29)21(26)2/h3-4,6-9,11-12,16-17H,5,10,13-15,18-19H2,1-2H3,(H,31,33)(H,34,35,36). The number of carbonyl (C=O) groups excluding carboxylic acids is 1. The third-order valence-electron chi connectivity index (χ3n) is 7.12. The van der Waals surface area contributed by atoms with Crippen LogP contribution >= 0.6 is 11.6 Å². The number of nitrogens with zero attached hydrogens (tertiary/aromatic N) is 2. The zero-order chi connectivity index (χ0) is 29.8. The highest BCUT2D eigenvalue weighted by atomic mass is 35.5. The molecule has 1 fully saturated rings. The Labute approximate surface area is 245 Å². The molecule has 13 heteroatoms. The first kappa shape index (κ1) is 31.1. The van der Waals surface area contributed by atoms with Crippen molar-refractivity contribution in [2.45, 2.75) is 37.1 Å². The molecular formula is C28H32ClN3O7S2. The van der Waals surface area contributed by atoms with E-state index in [4.69, 9.17) is 20.9 Å². The first-order valence-electron chi connectivity index (χ1n) is 12.9. The number of amides is 1. The number of halogens is 1. The Morgan fingerprint density at radius 2 is 1.85 bits per heavy atom. The van der Waals surface area contributed by atoms with Crippen LogP contribution in [0.3, 0.4) is 0 Å². The molecule has 41 heavy (non-hydrogen) atoms. The van der Waals surface area contributed by atoms with Crippen LogP contribution in [0.2, 0.25) is 5.02 Å². The van der Waals surface area contributed by atoms with E-state index in [1.165, 1.54) is 10.4 Å². The van der Waals surface area contributed by atoms with E-state index in [-0.39, 0.29) is 44.0 Å². The lowest BCUT2D eigenvalue weighted by atomic mass is 9.85. The number of nitrogens with one attached hydrogen (secondary N) is 1. The minimum absolute atomic E-state index is 0.0120. The predicted molar refractivity (Wildman–Crippen MR) is 156 cm³/mol. The average molecular weight is 622 g/mol. The Balaban J connectivity index is 1.69. The molecular weight excluding hydrogens is 590 g/mol. The summed E-state index contributed by atoms with van der Waals surface area (Å²) < 4.78 is 66.4. The second-order valence-electron chi connectivity index (χ2n) is 9.98. The maximum atomic E-state index is 14.3. The van der Waals surface area contributed by atoms with Crippen LogP contribution in [0.5, 0.6) is 0 Å². The molecule has 1 amide bonds. The first-order chi connectivity index (χ1) is 19.3. The number of pyridine rings is 1. The summed E-state index contributed by atoms with van der Waals surface area (Å²) in [5.74, 6) is -1.07. The molecule has 1 aromatic heterocycles. The van der Waals surface area contributed by atoms with Gasteiger partial charge < -0.3 is 10.1 Å². The smallest absolute Gasteiger partial charge is 0.266 e. The number of carbonyl (C=O) groups is 1. The summed E-state index contributed by atoms with van der Waals surface area (Å²) in [5.41, 5.74) is 2.98. The topological polar surface area (TPSA) is 143 Å². The van der Waals surface area contributed by atoms with E-state index in [1.807, 2.05) is 37.3 Å². The Bertz CT molecular complexity index is 1640. The predicted octanol–water partition coefficient (Wildman–Crippen LogP) is 3.72. The SMILES string of the molecule is Cc1cnccc1-c1cccc(C2(N(CCCC(=O)NCCS(=O)(=O)O)S(=O)(=O)c3cccc(Cl)c3C)COC2)c1. The van der Waals surface area contributed by atoms with Gasteiger partial charge in [-0.15, -0.1) is 0 Å². The summed E-state index contributed by atoms with van der Waals surface area (Å²) in [6.45, 7) is 3.57. The molecule has 1 saturated heterocycles. The molecule has 2 N–H and O–H groups in total. The second kappa shape index (κ2) is 12.6. The molecule has 0 radical (unpaired) electrons. The van der Waals surface area contributed by atoms with E-state index in [9.17, 15) is 21.6 Å². The lowest BCUT2D eigenvalue weighted by Crippen LogP contribution is -2.61. The van der Waals surface area contributed by atoms with Crippen molar-refractivity contribution in [3.05, 3.63) is 82.6 Å². The van der Waals surface area contributed by atoms with Crippen molar-refractivity contribution in [1.29, 1.82) is 0 Å². The molecule has 10 nitrogen and oxygen atoms in total. The van der Waals surface area contributed by atoms with Crippen molar-refractivity contribution in [2.75, 3.05) is 32.1 Å². The lowest BCUT2D eigenvalue weighted by molar-refractivity contribution is -0.123. The van der Waals surface area contributed by atoms with Gasteiger partial charge in [-0.3, -0.25) is 14.3 Å². The fourth-order valence-electron chi connectivity index (χ4n) is 4.86. The van der Waals surface area contributed by atoms with E-state index in [1.54, 1.807) is 31.5 Å². The monoisotopic (exact) mass is 621 g/mol. The number of aromatic nitrogens is 1. The highest BCUT2D eigenvalue weighted by molar-refractivity contribution is 7.89. The van der Waals surface area contributed by atoms with Gasteiger partial charge in [0.1, 0.15) is 5.54 Å². The van der Waals surface area contributed by atoms with Gasteiger partial charge in [-0.1, -0.05) is 35.9 Å². The Kier molecular flexibility index (Phi) is 9.52. The van der Waals surface area contributed by atoms with Gasteiger partial charge in [-0.05, 0) is 72.4 Å².